The number of amides is 1. The largest absolute Gasteiger partial charge is 0.479 e. The van der Waals surface area contributed by atoms with Crippen LogP contribution in [-0.2, 0) is 4.79 Å². The molecule has 0 aromatic heterocycles. The van der Waals surface area contributed by atoms with E-state index in [1.54, 1.807) is 25.1 Å². The number of anilines is 1. The van der Waals surface area contributed by atoms with Gasteiger partial charge in [0.25, 0.3) is 5.91 Å². The van der Waals surface area contributed by atoms with Gasteiger partial charge in [-0.15, -0.1) is 0 Å². The van der Waals surface area contributed by atoms with Crippen molar-refractivity contribution in [1.29, 1.82) is 5.26 Å². The number of rotatable bonds is 2. The molecule has 19 heavy (non-hydrogen) atoms. The molecule has 1 aromatic carbocycles. The van der Waals surface area contributed by atoms with Gasteiger partial charge in [0.15, 0.2) is 11.9 Å². The fourth-order valence-corrected chi connectivity index (χ4v) is 2.14. The highest BCUT2D eigenvalue weighted by Gasteiger charge is 2.50. The molecule has 1 atom stereocenters. The van der Waals surface area contributed by atoms with Crippen LogP contribution < -0.4 is 10.1 Å². The van der Waals surface area contributed by atoms with E-state index in [1.807, 2.05) is 0 Å². The van der Waals surface area contributed by atoms with E-state index in [1.165, 1.54) is 0 Å². The molecule has 3 rings (SSSR count). The van der Waals surface area contributed by atoms with Gasteiger partial charge in [0.05, 0.1) is 11.8 Å². The summed E-state index contributed by atoms with van der Waals surface area (Å²) in [5, 5.41) is 11.7. The molecule has 2 aliphatic rings. The maximum absolute atomic E-state index is 12.2. The Morgan fingerprint density at radius 3 is 2.89 bits per heavy atom. The molecule has 1 aliphatic carbocycles. The summed E-state index contributed by atoms with van der Waals surface area (Å²) in [6, 6.07) is 6.96. The number of ketones is 1. The number of fused-ring (bicyclic) bond motifs is 1. The lowest BCUT2D eigenvalue weighted by atomic mass is 9.95. The number of nitrogens with one attached hydrogen (secondary N) is 1. The normalized spacial score (nSPS) is 22.5. The Kier molecular flexibility index (Phi) is 2.36. The Labute approximate surface area is 110 Å². The Balaban J connectivity index is 1.95. The van der Waals surface area contributed by atoms with Crippen molar-refractivity contribution in [2.75, 3.05) is 5.32 Å². The van der Waals surface area contributed by atoms with Crippen molar-refractivity contribution in [3.8, 4) is 11.8 Å². The highest BCUT2D eigenvalue weighted by atomic mass is 16.5. The quantitative estimate of drug-likeness (QED) is 0.819. The number of ether oxygens (including phenoxy) is 1. The highest BCUT2D eigenvalue weighted by Crippen LogP contribution is 2.48. The van der Waals surface area contributed by atoms with E-state index in [2.05, 4.69) is 11.4 Å². The third-order valence-electron chi connectivity index (χ3n) is 3.57. The lowest BCUT2D eigenvalue weighted by Gasteiger charge is -2.23. The lowest BCUT2D eigenvalue weighted by molar-refractivity contribution is -0.122. The second kappa shape index (κ2) is 3.82. The first-order valence-corrected chi connectivity index (χ1v) is 6.13. The Hall–Kier alpha value is -2.35. The smallest absolute Gasteiger partial charge is 0.265 e. The second-order valence-corrected chi connectivity index (χ2v) is 4.98. The molecule has 96 valence electrons. The highest BCUT2D eigenvalue weighted by molar-refractivity contribution is 6.06. The molecule has 1 aliphatic heterocycles. The molecule has 0 spiro atoms. The molecular weight excluding hydrogens is 244 g/mol. The zero-order valence-corrected chi connectivity index (χ0v) is 10.4. The van der Waals surface area contributed by atoms with Crippen LogP contribution in [0.3, 0.4) is 0 Å². The van der Waals surface area contributed by atoms with Crippen molar-refractivity contribution >= 4 is 17.4 Å². The van der Waals surface area contributed by atoms with Gasteiger partial charge in [-0.25, -0.2) is 0 Å². The summed E-state index contributed by atoms with van der Waals surface area (Å²) in [5.74, 6) is 0.134. The molecule has 1 heterocycles. The van der Waals surface area contributed by atoms with E-state index in [0.717, 1.165) is 0 Å². The van der Waals surface area contributed by atoms with E-state index in [0.29, 0.717) is 29.8 Å². The number of Topliss-reactive ketones (excluding diaryl/α,β-unsaturated/α-hetero) is 1. The minimum atomic E-state index is -0.846. The van der Waals surface area contributed by atoms with Crippen molar-refractivity contribution in [2.45, 2.75) is 25.9 Å². The van der Waals surface area contributed by atoms with Crippen LogP contribution in [-0.4, -0.2) is 17.8 Å². The van der Waals surface area contributed by atoms with Gasteiger partial charge >= 0.3 is 0 Å². The monoisotopic (exact) mass is 256 g/mol. The van der Waals surface area contributed by atoms with E-state index < -0.39 is 11.5 Å². The molecule has 1 aromatic rings. The van der Waals surface area contributed by atoms with Crippen LogP contribution >= 0.6 is 0 Å². The summed E-state index contributed by atoms with van der Waals surface area (Å²) in [6.45, 7) is 1.66. The average Bonchev–Trinajstić information content (AvgIpc) is 3.20. The Morgan fingerprint density at radius 1 is 1.53 bits per heavy atom. The predicted molar refractivity (Wildman–Crippen MR) is 66.8 cm³/mol. The number of nitriles is 1. The van der Waals surface area contributed by atoms with Gasteiger partial charge in [-0.3, -0.25) is 9.59 Å². The number of nitrogens with zero attached hydrogens (tertiary/aromatic N) is 1. The summed E-state index contributed by atoms with van der Waals surface area (Å²) < 4.78 is 5.42. The molecular formula is C14H12N2O3. The van der Waals surface area contributed by atoms with Crippen LogP contribution in [0.25, 0.3) is 0 Å². The fraction of sp³-hybridized carbons (Fsp3) is 0.357. The molecule has 1 saturated carbocycles. The number of carbonyl (C=O) groups excluding carboxylic acids is 2. The summed E-state index contributed by atoms with van der Waals surface area (Å²) in [5.41, 5.74) is 0.0834. The second-order valence-electron chi connectivity index (χ2n) is 4.98. The van der Waals surface area contributed by atoms with E-state index in [-0.39, 0.29) is 11.7 Å². The van der Waals surface area contributed by atoms with Crippen LogP contribution in [0.2, 0.25) is 0 Å². The lowest BCUT2D eigenvalue weighted by Crippen LogP contribution is -2.34. The molecule has 5 heteroatoms. The zero-order chi connectivity index (χ0) is 13.6. The first-order chi connectivity index (χ1) is 9.05. The minimum Gasteiger partial charge on any atom is -0.479 e. The van der Waals surface area contributed by atoms with Crippen molar-refractivity contribution in [2.24, 2.45) is 5.41 Å². The Morgan fingerprint density at radius 2 is 2.26 bits per heavy atom. The average molecular weight is 256 g/mol. The molecule has 1 N–H and O–H groups in total. The molecule has 0 saturated heterocycles. The maximum atomic E-state index is 12.2. The first-order valence-electron chi connectivity index (χ1n) is 6.13. The van der Waals surface area contributed by atoms with Gasteiger partial charge in [0.2, 0.25) is 0 Å². The maximum Gasteiger partial charge on any atom is 0.265 e. The third kappa shape index (κ3) is 1.76. The third-order valence-corrected chi connectivity index (χ3v) is 3.57. The number of carbonyl (C=O) groups is 2. The zero-order valence-electron chi connectivity index (χ0n) is 10.4. The van der Waals surface area contributed by atoms with Crippen LogP contribution in [0.4, 0.5) is 5.69 Å². The van der Waals surface area contributed by atoms with Crippen LogP contribution in [0, 0.1) is 16.7 Å². The van der Waals surface area contributed by atoms with E-state index >= 15 is 0 Å². The van der Waals surface area contributed by atoms with Gasteiger partial charge in [-0.2, -0.15) is 5.26 Å². The van der Waals surface area contributed by atoms with Crippen LogP contribution in [0.5, 0.6) is 5.75 Å². The van der Waals surface area contributed by atoms with E-state index in [9.17, 15) is 9.59 Å². The first kappa shape index (κ1) is 11.7. The van der Waals surface area contributed by atoms with Crippen LogP contribution in [0.15, 0.2) is 18.2 Å². The predicted octanol–water partition coefficient (Wildman–Crippen LogP) is 1.89. The van der Waals surface area contributed by atoms with Gasteiger partial charge in [-0.05, 0) is 38.0 Å². The fourth-order valence-electron chi connectivity index (χ4n) is 2.14. The number of hydrogen-bond acceptors (Lipinski definition) is 4. The van der Waals surface area contributed by atoms with Gasteiger partial charge < -0.3 is 10.1 Å². The molecule has 1 unspecified atom stereocenters. The van der Waals surface area contributed by atoms with Gasteiger partial charge in [-0.1, -0.05) is 0 Å². The summed E-state index contributed by atoms with van der Waals surface area (Å²) in [4.78, 5) is 23.7. The molecule has 0 bridgehead atoms. The number of hydrogen-bond donors (Lipinski definition) is 1. The molecule has 1 fully saturated rings. The SMILES string of the molecule is CC1Oc2ccc(C(=O)C3(C#N)CC3)cc2NC1=O. The standard InChI is InChI=1S/C14H12N2O3/c1-8-13(18)16-10-6-9(2-3-11(10)19-8)12(17)14(7-15)4-5-14/h2-3,6,8H,4-5H2,1H3,(H,16,18). The summed E-state index contributed by atoms with van der Waals surface area (Å²) >= 11 is 0. The van der Waals surface area contributed by atoms with Gasteiger partial charge in [0, 0.05) is 5.56 Å². The van der Waals surface area contributed by atoms with Crippen molar-refractivity contribution in [1.82, 2.24) is 0 Å². The van der Waals surface area contributed by atoms with E-state index in [4.69, 9.17) is 10.00 Å². The number of benzene rings is 1. The summed E-state index contributed by atoms with van der Waals surface area (Å²) in [7, 11) is 0. The minimum absolute atomic E-state index is 0.175. The molecule has 0 radical (unpaired) electrons. The van der Waals surface area contributed by atoms with Crippen molar-refractivity contribution in [3.05, 3.63) is 23.8 Å². The summed E-state index contributed by atoms with van der Waals surface area (Å²) in [6.07, 6.45) is 0.682. The Bertz CT molecular complexity index is 626. The van der Waals surface area contributed by atoms with Crippen LogP contribution in [0.1, 0.15) is 30.1 Å². The van der Waals surface area contributed by atoms with Crippen molar-refractivity contribution < 1.29 is 14.3 Å². The molecule has 5 nitrogen and oxygen atoms in total. The topological polar surface area (TPSA) is 79.2 Å². The van der Waals surface area contributed by atoms with Crippen molar-refractivity contribution in [3.63, 3.8) is 0 Å². The van der Waals surface area contributed by atoms with Gasteiger partial charge in [0.1, 0.15) is 11.2 Å². The molecule has 1 amide bonds.